The number of hydrogen-bond acceptors (Lipinski definition) is 4. The highest BCUT2D eigenvalue weighted by atomic mass is 16.5. The third-order valence-corrected chi connectivity index (χ3v) is 3.64. The van der Waals surface area contributed by atoms with Gasteiger partial charge in [0, 0.05) is 31.2 Å². The summed E-state index contributed by atoms with van der Waals surface area (Å²) in [4.78, 5) is 31.0. The lowest BCUT2D eigenvalue weighted by molar-refractivity contribution is 0.0887. The van der Waals surface area contributed by atoms with E-state index in [1.54, 1.807) is 12.5 Å². The summed E-state index contributed by atoms with van der Waals surface area (Å²) in [6.07, 6.45) is 6.64. The topological polar surface area (TPSA) is 89.0 Å². The number of aromatic amines is 1. The number of methoxy groups -OCH3 is 1. The lowest BCUT2D eigenvalue weighted by Gasteiger charge is -2.31. The molecule has 2 N–H and O–H groups in total. The van der Waals surface area contributed by atoms with Gasteiger partial charge in [-0.05, 0) is 5.41 Å². The second-order valence-electron chi connectivity index (χ2n) is 6.43. The number of H-pyrrole nitrogens is 1. The number of carbonyl (C=O) groups excluding carboxylic acids is 1. The van der Waals surface area contributed by atoms with Crippen LogP contribution in [0, 0.1) is 5.41 Å². The molecule has 0 saturated heterocycles. The van der Waals surface area contributed by atoms with Crippen LogP contribution in [0.5, 0.6) is 5.75 Å². The summed E-state index contributed by atoms with van der Waals surface area (Å²) in [6, 6.07) is 1.11. The fourth-order valence-corrected chi connectivity index (χ4v) is 2.13. The number of carbonyl (C=O) groups is 1. The monoisotopic (exact) mass is 318 g/mol. The number of pyridine rings is 1. The van der Waals surface area contributed by atoms with E-state index in [0.29, 0.717) is 6.54 Å². The molecule has 0 aliphatic rings. The number of imidazole rings is 1. The van der Waals surface area contributed by atoms with E-state index in [-0.39, 0.29) is 34.2 Å². The van der Waals surface area contributed by atoms with E-state index in [2.05, 4.69) is 15.3 Å². The molecule has 0 radical (unpaired) electrons. The first-order chi connectivity index (χ1) is 10.8. The molecule has 0 spiro atoms. The summed E-state index contributed by atoms with van der Waals surface area (Å²) in [5.74, 6) is -0.155. The predicted molar refractivity (Wildman–Crippen MR) is 86.6 cm³/mol. The van der Waals surface area contributed by atoms with Gasteiger partial charge >= 0.3 is 0 Å². The van der Waals surface area contributed by atoms with Crippen molar-refractivity contribution in [1.29, 1.82) is 0 Å². The SMILES string of the molecule is COc1c[nH]c(C(=O)NC(Cn2ccnc2)C(C)(C)C)cc1=O. The molecular formula is C16H22N4O3. The van der Waals surface area contributed by atoms with Gasteiger partial charge in [-0.3, -0.25) is 9.59 Å². The maximum absolute atomic E-state index is 12.4. The van der Waals surface area contributed by atoms with Gasteiger partial charge in [-0.1, -0.05) is 20.8 Å². The zero-order valence-electron chi connectivity index (χ0n) is 13.8. The highest BCUT2D eigenvalue weighted by Crippen LogP contribution is 2.21. The Morgan fingerprint density at radius 3 is 2.74 bits per heavy atom. The fraction of sp³-hybridized carbons (Fsp3) is 0.438. The number of ether oxygens (including phenoxy) is 1. The van der Waals surface area contributed by atoms with E-state index >= 15 is 0 Å². The molecule has 2 heterocycles. The molecule has 2 rings (SSSR count). The van der Waals surface area contributed by atoms with E-state index in [1.165, 1.54) is 19.4 Å². The molecule has 7 heteroatoms. The average molecular weight is 318 g/mol. The second-order valence-corrected chi connectivity index (χ2v) is 6.43. The zero-order chi connectivity index (χ0) is 17.0. The molecule has 0 aromatic carbocycles. The van der Waals surface area contributed by atoms with Crippen LogP contribution in [0.3, 0.4) is 0 Å². The minimum atomic E-state index is -0.335. The standard InChI is InChI=1S/C16H22N4O3/c1-16(2,3)14(9-20-6-5-17-10-20)19-15(22)11-7-12(21)13(23-4)8-18-11/h5-8,10,14H,9H2,1-4H3,(H,18,21)(H,19,22). The molecule has 0 fully saturated rings. The van der Waals surface area contributed by atoms with Crippen LogP contribution in [0.2, 0.25) is 0 Å². The van der Waals surface area contributed by atoms with Gasteiger partial charge in [0.05, 0.1) is 19.5 Å². The fourth-order valence-electron chi connectivity index (χ4n) is 2.13. The Morgan fingerprint density at radius 1 is 1.48 bits per heavy atom. The largest absolute Gasteiger partial charge is 0.491 e. The second kappa shape index (κ2) is 6.68. The minimum absolute atomic E-state index is 0.130. The molecule has 23 heavy (non-hydrogen) atoms. The smallest absolute Gasteiger partial charge is 0.268 e. The first kappa shape index (κ1) is 16.8. The number of rotatable bonds is 5. The molecule has 7 nitrogen and oxygen atoms in total. The number of nitrogens with one attached hydrogen (secondary N) is 2. The Labute approximate surface area is 134 Å². The highest BCUT2D eigenvalue weighted by Gasteiger charge is 2.27. The lowest BCUT2D eigenvalue weighted by Crippen LogP contribution is -2.46. The van der Waals surface area contributed by atoms with Crippen molar-refractivity contribution in [2.24, 2.45) is 5.41 Å². The Balaban J connectivity index is 2.17. The maximum Gasteiger partial charge on any atom is 0.268 e. The van der Waals surface area contributed by atoms with Crippen molar-refractivity contribution in [2.45, 2.75) is 33.4 Å². The van der Waals surface area contributed by atoms with Crippen LogP contribution in [-0.4, -0.2) is 33.6 Å². The Kier molecular flexibility index (Phi) is 4.88. The molecule has 0 aliphatic carbocycles. The van der Waals surface area contributed by atoms with Crippen molar-refractivity contribution in [3.63, 3.8) is 0 Å². The summed E-state index contributed by atoms with van der Waals surface area (Å²) in [7, 11) is 1.41. The number of hydrogen-bond donors (Lipinski definition) is 2. The van der Waals surface area contributed by atoms with Crippen LogP contribution in [0.25, 0.3) is 0 Å². The molecular weight excluding hydrogens is 296 g/mol. The summed E-state index contributed by atoms with van der Waals surface area (Å²) >= 11 is 0. The Morgan fingerprint density at radius 2 is 2.22 bits per heavy atom. The first-order valence-corrected chi connectivity index (χ1v) is 7.34. The quantitative estimate of drug-likeness (QED) is 0.872. The van der Waals surface area contributed by atoms with Crippen LogP contribution in [0.15, 0.2) is 35.8 Å². The van der Waals surface area contributed by atoms with Gasteiger partial charge in [0.1, 0.15) is 5.69 Å². The molecule has 1 amide bonds. The van der Waals surface area contributed by atoms with Crippen molar-refractivity contribution < 1.29 is 9.53 Å². The van der Waals surface area contributed by atoms with Crippen molar-refractivity contribution in [2.75, 3.05) is 7.11 Å². The van der Waals surface area contributed by atoms with Gasteiger partial charge in [-0.2, -0.15) is 0 Å². The maximum atomic E-state index is 12.4. The summed E-state index contributed by atoms with van der Waals surface area (Å²) < 4.78 is 6.81. The van der Waals surface area contributed by atoms with Crippen molar-refractivity contribution in [3.05, 3.63) is 46.9 Å². The van der Waals surface area contributed by atoms with Crippen molar-refractivity contribution in [3.8, 4) is 5.75 Å². The van der Waals surface area contributed by atoms with Crippen LogP contribution in [0.4, 0.5) is 0 Å². The average Bonchev–Trinajstić information content (AvgIpc) is 2.98. The number of nitrogens with zero attached hydrogens (tertiary/aromatic N) is 2. The van der Waals surface area contributed by atoms with Crippen LogP contribution < -0.4 is 15.5 Å². The van der Waals surface area contributed by atoms with Crippen LogP contribution in [-0.2, 0) is 6.54 Å². The molecule has 124 valence electrons. The van der Waals surface area contributed by atoms with E-state index in [1.807, 2.05) is 31.5 Å². The minimum Gasteiger partial charge on any atom is -0.491 e. The van der Waals surface area contributed by atoms with Gasteiger partial charge in [-0.25, -0.2) is 4.98 Å². The highest BCUT2D eigenvalue weighted by molar-refractivity contribution is 5.92. The molecule has 1 unspecified atom stereocenters. The van der Waals surface area contributed by atoms with E-state index in [4.69, 9.17) is 4.74 Å². The van der Waals surface area contributed by atoms with Gasteiger partial charge in [0.15, 0.2) is 5.75 Å². The van der Waals surface area contributed by atoms with Gasteiger partial charge in [-0.15, -0.1) is 0 Å². The molecule has 0 aliphatic heterocycles. The van der Waals surface area contributed by atoms with Crippen molar-refractivity contribution in [1.82, 2.24) is 19.9 Å². The molecule has 2 aromatic heterocycles. The Bertz CT molecular complexity index is 714. The van der Waals surface area contributed by atoms with Crippen LogP contribution >= 0.6 is 0 Å². The molecule has 1 atom stereocenters. The summed E-state index contributed by atoms with van der Waals surface area (Å²) in [6.45, 7) is 6.73. The molecule has 2 aromatic rings. The lowest BCUT2D eigenvalue weighted by atomic mass is 9.86. The van der Waals surface area contributed by atoms with Gasteiger partial charge in [0.25, 0.3) is 5.91 Å². The normalized spacial score (nSPS) is 12.7. The third-order valence-electron chi connectivity index (χ3n) is 3.64. The summed E-state index contributed by atoms with van der Waals surface area (Å²) in [5.41, 5.74) is -0.291. The zero-order valence-corrected chi connectivity index (χ0v) is 13.8. The van der Waals surface area contributed by atoms with E-state index < -0.39 is 0 Å². The first-order valence-electron chi connectivity index (χ1n) is 7.34. The summed E-state index contributed by atoms with van der Waals surface area (Å²) in [5, 5.41) is 2.98. The third kappa shape index (κ3) is 4.21. The Hall–Kier alpha value is -2.57. The van der Waals surface area contributed by atoms with Crippen molar-refractivity contribution >= 4 is 5.91 Å². The molecule has 0 saturated carbocycles. The number of amides is 1. The van der Waals surface area contributed by atoms with Gasteiger partial charge in [0.2, 0.25) is 5.43 Å². The van der Waals surface area contributed by atoms with Crippen LogP contribution in [0.1, 0.15) is 31.3 Å². The van der Waals surface area contributed by atoms with Gasteiger partial charge < -0.3 is 19.6 Å². The number of aromatic nitrogens is 3. The predicted octanol–water partition coefficient (Wildman–Crippen LogP) is 1.42. The van der Waals surface area contributed by atoms with E-state index in [0.717, 1.165) is 0 Å². The van der Waals surface area contributed by atoms with E-state index in [9.17, 15) is 9.59 Å². The molecule has 0 bridgehead atoms.